The van der Waals surface area contributed by atoms with E-state index < -0.39 is 6.10 Å². The van der Waals surface area contributed by atoms with Gasteiger partial charge in [0.25, 0.3) is 0 Å². The second-order valence-corrected chi connectivity index (χ2v) is 4.22. The summed E-state index contributed by atoms with van der Waals surface area (Å²) in [6.45, 7) is 3.48. The number of benzene rings is 1. The van der Waals surface area contributed by atoms with Crippen molar-refractivity contribution in [1.82, 2.24) is 0 Å². The van der Waals surface area contributed by atoms with Gasteiger partial charge in [-0.05, 0) is 17.7 Å². The van der Waals surface area contributed by atoms with E-state index in [1.54, 1.807) is 12.1 Å². The number of carbonyl (C=O) groups is 1. The summed E-state index contributed by atoms with van der Waals surface area (Å²) in [5.74, 6) is -0.00234. The first kappa shape index (κ1) is 12.1. The van der Waals surface area contributed by atoms with Crippen LogP contribution in [-0.2, 0) is 4.79 Å². The Bertz CT molecular complexity index is 360. The summed E-state index contributed by atoms with van der Waals surface area (Å²) in [6, 6.07) is 7.32. The lowest BCUT2D eigenvalue weighted by Gasteiger charge is -2.09. The lowest BCUT2D eigenvalue weighted by Crippen LogP contribution is -2.05. The van der Waals surface area contributed by atoms with Crippen molar-refractivity contribution in [1.29, 1.82) is 0 Å². The number of rotatable bonds is 5. The topological polar surface area (TPSA) is 37.3 Å². The molecule has 0 radical (unpaired) electrons. The van der Waals surface area contributed by atoms with Crippen molar-refractivity contribution in [3.63, 3.8) is 0 Å². The number of aliphatic hydroxyl groups excluding tert-OH is 1. The van der Waals surface area contributed by atoms with Crippen LogP contribution >= 0.6 is 15.9 Å². The molecule has 1 rings (SSSR count). The van der Waals surface area contributed by atoms with Crippen molar-refractivity contribution in [3.8, 4) is 0 Å². The van der Waals surface area contributed by atoms with Gasteiger partial charge in [-0.25, -0.2) is 0 Å². The van der Waals surface area contributed by atoms with Crippen molar-refractivity contribution < 1.29 is 9.90 Å². The van der Waals surface area contributed by atoms with E-state index >= 15 is 0 Å². The lowest BCUT2D eigenvalue weighted by molar-refractivity contribution is -0.120. The maximum absolute atomic E-state index is 11.3. The molecule has 0 heterocycles. The molecule has 1 aromatic carbocycles. The van der Waals surface area contributed by atoms with Gasteiger partial charge in [0.1, 0.15) is 5.78 Å². The van der Waals surface area contributed by atoms with Gasteiger partial charge in [-0.3, -0.25) is 4.79 Å². The van der Waals surface area contributed by atoms with Crippen molar-refractivity contribution in [2.75, 3.05) is 0 Å². The first-order valence-corrected chi connectivity index (χ1v) is 5.49. The lowest BCUT2D eigenvalue weighted by atomic mass is 10.0. The third-order valence-corrected chi connectivity index (χ3v) is 2.52. The minimum Gasteiger partial charge on any atom is -0.388 e. The van der Waals surface area contributed by atoms with E-state index in [2.05, 4.69) is 22.5 Å². The maximum Gasteiger partial charge on any atom is 0.139 e. The standard InChI is InChI=1S/C12H13BrO2/c1-2-4-11(14)8-12(15)9-5-3-6-10(13)7-9/h2-3,5-7,12,15H,1,4,8H2. The van der Waals surface area contributed by atoms with Crippen molar-refractivity contribution >= 4 is 21.7 Å². The number of carbonyl (C=O) groups excluding carboxylic acids is 1. The molecule has 0 fully saturated rings. The maximum atomic E-state index is 11.3. The molecule has 2 nitrogen and oxygen atoms in total. The van der Waals surface area contributed by atoms with E-state index in [1.807, 2.05) is 18.2 Å². The molecule has 0 bridgehead atoms. The Morgan fingerprint density at radius 2 is 2.33 bits per heavy atom. The SMILES string of the molecule is C=CCC(=O)CC(O)c1cccc(Br)c1. The van der Waals surface area contributed by atoms with Crippen LogP contribution in [0.4, 0.5) is 0 Å². The first-order chi connectivity index (χ1) is 7.13. The average molecular weight is 269 g/mol. The van der Waals surface area contributed by atoms with E-state index in [9.17, 15) is 9.90 Å². The van der Waals surface area contributed by atoms with Crippen LogP contribution in [0.3, 0.4) is 0 Å². The summed E-state index contributed by atoms with van der Waals surface area (Å²) >= 11 is 3.32. The Morgan fingerprint density at radius 1 is 1.60 bits per heavy atom. The summed E-state index contributed by atoms with van der Waals surface area (Å²) in [4.78, 5) is 11.3. The van der Waals surface area contributed by atoms with Gasteiger partial charge in [0, 0.05) is 17.3 Å². The Morgan fingerprint density at radius 3 is 2.93 bits per heavy atom. The van der Waals surface area contributed by atoms with Gasteiger partial charge >= 0.3 is 0 Å². The third kappa shape index (κ3) is 3.98. The van der Waals surface area contributed by atoms with Crippen LogP contribution in [0.25, 0.3) is 0 Å². The number of hydrogen-bond donors (Lipinski definition) is 1. The monoisotopic (exact) mass is 268 g/mol. The minimum atomic E-state index is -0.727. The number of Topliss-reactive ketones (excluding diaryl/α,β-unsaturated/α-hetero) is 1. The van der Waals surface area contributed by atoms with Gasteiger partial charge in [0.15, 0.2) is 0 Å². The van der Waals surface area contributed by atoms with Gasteiger partial charge in [-0.2, -0.15) is 0 Å². The Hall–Kier alpha value is -0.930. The summed E-state index contributed by atoms with van der Waals surface area (Å²) in [5, 5.41) is 9.77. The highest BCUT2D eigenvalue weighted by molar-refractivity contribution is 9.10. The van der Waals surface area contributed by atoms with Gasteiger partial charge in [0.05, 0.1) is 6.10 Å². The molecule has 1 atom stereocenters. The summed E-state index contributed by atoms with van der Waals surface area (Å²) in [6.07, 6.45) is 1.28. The second kappa shape index (κ2) is 5.83. The number of ketones is 1. The fourth-order valence-electron chi connectivity index (χ4n) is 1.29. The van der Waals surface area contributed by atoms with E-state index in [0.29, 0.717) is 6.42 Å². The van der Waals surface area contributed by atoms with E-state index in [4.69, 9.17) is 0 Å². The molecule has 0 saturated carbocycles. The molecule has 0 amide bonds. The molecule has 0 aromatic heterocycles. The van der Waals surface area contributed by atoms with Gasteiger partial charge < -0.3 is 5.11 Å². The van der Waals surface area contributed by atoms with Crippen LogP contribution in [-0.4, -0.2) is 10.9 Å². The molecule has 0 aliphatic heterocycles. The normalized spacial score (nSPS) is 12.1. The fraction of sp³-hybridized carbons (Fsp3) is 0.250. The number of hydrogen-bond acceptors (Lipinski definition) is 2. The predicted octanol–water partition coefficient (Wildman–Crippen LogP) is 3.02. The molecule has 1 N–H and O–H groups in total. The molecule has 0 saturated heterocycles. The summed E-state index contributed by atoms with van der Waals surface area (Å²) < 4.78 is 0.898. The van der Waals surface area contributed by atoms with Crippen molar-refractivity contribution in [2.24, 2.45) is 0 Å². The van der Waals surface area contributed by atoms with Gasteiger partial charge in [-0.1, -0.05) is 34.1 Å². The zero-order chi connectivity index (χ0) is 11.3. The highest BCUT2D eigenvalue weighted by atomic mass is 79.9. The Balaban J connectivity index is 2.64. The molecule has 0 aliphatic rings. The van der Waals surface area contributed by atoms with Gasteiger partial charge in [0.2, 0.25) is 0 Å². The molecule has 3 heteroatoms. The fourth-order valence-corrected chi connectivity index (χ4v) is 1.71. The molecule has 1 unspecified atom stereocenters. The highest BCUT2D eigenvalue weighted by Gasteiger charge is 2.11. The van der Waals surface area contributed by atoms with Crippen LogP contribution in [0.1, 0.15) is 24.5 Å². The zero-order valence-corrected chi connectivity index (χ0v) is 9.90. The van der Waals surface area contributed by atoms with Crippen molar-refractivity contribution in [3.05, 3.63) is 47.0 Å². The van der Waals surface area contributed by atoms with E-state index in [1.165, 1.54) is 0 Å². The van der Waals surface area contributed by atoms with Crippen molar-refractivity contribution in [2.45, 2.75) is 18.9 Å². The average Bonchev–Trinajstić information content (AvgIpc) is 2.18. The number of aliphatic hydroxyl groups is 1. The quantitative estimate of drug-likeness (QED) is 0.834. The smallest absolute Gasteiger partial charge is 0.139 e. The minimum absolute atomic E-state index is 0.00234. The number of allylic oxidation sites excluding steroid dienone is 1. The van der Waals surface area contributed by atoms with E-state index in [-0.39, 0.29) is 12.2 Å². The molecule has 0 aliphatic carbocycles. The molecule has 15 heavy (non-hydrogen) atoms. The molecule has 0 spiro atoms. The van der Waals surface area contributed by atoms with Crippen LogP contribution in [0.15, 0.2) is 41.4 Å². The molecule has 80 valence electrons. The first-order valence-electron chi connectivity index (χ1n) is 4.69. The van der Waals surface area contributed by atoms with Crippen LogP contribution < -0.4 is 0 Å². The molecular weight excluding hydrogens is 256 g/mol. The largest absolute Gasteiger partial charge is 0.388 e. The third-order valence-electron chi connectivity index (χ3n) is 2.03. The predicted molar refractivity (Wildman–Crippen MR) is 63.5 cm³/mol. The Labute approximate surface area is 97.8 Å². The molecular formula is C12H13BrO2. The van der Waals surface area contributed by atoms with Crippen LogP contribution in [0.2, 0.25) is 0 Å². The Kier molecular flexibility index (Phi) is 4.72. The summed E-state index contributed by atoms with van der Waals surface area (Å²) in [5.41, 5.74) is 0.752. The summed E-state index contributed by atoms with van der Waals surface area (Å²) in [7, 11) is 0. The van der Waals surface area contributed by atoms with Crippen LogP contribution in [0.5, 0.6) is 0 Å². The second-order valence-electron chi connectivity index (χ2n) is 3.31. The zero-order valence-electron chi connectivity index (χ0n) is 8.32. The molecule has 1 aromatic rings. The van der Waals surface area contributed by atoms with E-state index in [0.717, 1.165) is 10.0 Å². The number of halogens is 1. The highest BCUT2D eigenvalue weighted by Crippen LogP contribution is 2.21. The van der Waals surface area contributed by atoms with Crippen LogP contribution in [0, 0.1) is 0 Å². The van der Waals surface area contributed by atoms with Gasteiger partial charge in [-0.15, -0.1) is 6.58 Å².